The number of fused-ring (bicyclic) bond motifs is 1. The molecule has 2 aromatic carbocycles. The highest BCUT2D eigenvalue weighted by Gasteiger charge is 2.32. The molecule has 11 nitrogen and oxygen atoms in total. The Balaban J connectivity index is 1.42. The van der Waals surface area contributed by atoms with Crippen LogP contribution in [0.5, 0.6) is 0 Å². The molecule has 1 atom stereocenters. The highest BCUT2D eigenvalue weighted by atomic mass is 79.9. The van der Waals surface area contributed by atoms with E-state index in [4.69, 9.17) is 4.98 Å². The van der Waals surface area contributed by atoms with Crippen LogP contribution in [0.4, 0.5) is 5.95 Å². The van der Waals surface area contributed by atoms with Gasteiger partial charge in [-0.1, -0.05) is 46.3 Å². The maximum Gasteiger partial charge on any atom is 0.269 e. The summed E-state index contributed by atoms with van der Waals surface area (Å²) in [6, 6.07) is 20.5. The van der Waals surface area contributed by atoms with E-state index in [-0.39, 0.29) is 41.7 Å². The molecule has 5 aromatic rings. The van der Waals surface area contributed by atoms with Crippen molar-refractivity contribution in [2.24, 2.45) is 7.05 Å². The third-order valence-electron chi connectivity index (χ3n) is 8.23. The molecule has 0 aliphatic carbocycles. The van der Waals surface area contributed by atoms with Gasteiger partial charge in [0, 0.05) is 60.1 Å². The molecule has 1 aliphatic heterocycles. The fourth-order valence-corrected chi connectivity index (χ4v) is 5.97. The number of pyridine rings is 1. The van der Waals surface area contributed by atoms with Crippen molar-refractivity contribution in [1.82, 2.24) is 34.5 Å². The summed E-state index contributed by atoms with van der Waals surface area (Å²) in [6.45, 7) is 4.37. The number of hydrogen-bond donors (Lipinski definition) is 2. The number of amides is 2. The molecule has 0 saturated heterocycles. The summed E-state index contributed by atoms with van der Waals surface area (Å²) in [5.74, 6) is 0.0596. The van der Waals surface area contributed by atoms with Crippen molar-refractivity contribution < 1.29 is 9.59 Å². The van der Waals surface area contributed by atoms with Gasteiger partial charge in [0.05, 0.1) is 17.9 Å². The van der Waals surface area contributed by atoms with Gasteiger partial charge in [-0.05, 0) is 61.7 Å². The summed E-state index contributed by atoms with van der Waals surface area (Å²) < 4.78 is 3.78. The van der Waals surface area contributed by atoms with Crippen LogP contribution in [0, 0.1) is 6.92 Å². The van der Waals surface area contributed by atoms with Crippen molar-refractivity contribution in [2.45, 2.75) is 39.4 Å². The van der Waals surface area contributed by atoms with E-state index in [1.807, 2.05) is 68.4 Å². The molecule has 0 radical (unpaired) electrons. The van der Waals surface area contributed by atoms with Crippen LogP contribution in [0.2, 0.25) is 0 Å². The predicted molar refractivity (Wildman–Crippen MR) is 179 cm³/mol. The number of hydrogen-bond acceptors (Lipinski definition) is 7. The first kappa shape index (κ1) is 30.9. The van der Waals surface area contributed by atoms with Crippen LogP contribution >= 0.6 is 15.9 Å². The Hall–Kier alpha value is -5.10. The van der Waals surface area contributed by atoms with Crippen molar-refractivity contribution in [1.29, 1.82) is 0 Å². The number of aromatic nitrogens is 5. The first-order chi connectivity index (χ1) is 22.2. The monoisotopic (exact) mass is 680 g/mol. The average Bonchev–Trinajstić information content (AvgIpc) is 3.45. The highest BCUT2D eigenvalue weighted by molar-refractivity contribution is 9.10. The van der Waals surface area contributed by atoms with Gasteiger partial charge in [-0.3, -0.25) is 24.0 Å². The van der Waals surface area contributed by atoms with Gasteiger partial charge in [-0.2, -0.15) is 5.10 Å². The molecule has 46 heavy (non-hydrogen) atoms. The van der Waals surface area contributed by atoms with E-state index in [0.29, 0.717) is 35.5 Å². The lowest BCUT2D eigenvalue weighted by atomic mass is 9.98. The van der Waals surface area contributed by atoms with Gasteiger partial charge in [0.1, 0.15) is 5.69 Å². The Morgan fingerprint density at radius 1 is 1.07 bits per heavy atom. The minimum atomic E-state index is -0.329. The zero-order valence-electron chi connectivity index (χ0n) is 25.9. The fourth-order valence-electron chi connectivity index (χ4n) is 5.73. The zero-order chi connectivity index (χ0) is 32.5. The van der Waals surface area contributed by atoms with Crippen LogP contribution in [0.15, 0.2) is 82.2 Å². The summed E-state index contributed by atoms with van der Waals surface area (Å²) in [7, 11) is 3.19. The number of aryl methyl sites for hydroxylation is 2. The van der Waals surface area contributed by atoms with E-state index in [0.717, 1.165) is 26.9 Å². The average molecular weight is 682 g/mol. The predicted octanol–water partition coefficient (Wildman–Crippen LogP) is 4.66. The molecule has 12 heteroatoms. The van der Waals surface area contributed by atoms with E-state index >= 15 is 0 Å². The van der Waals surface area contributed by atoms with E-state index in [1.54, 1.807) is 30.3 Å². The number of carbonyl (C=O) groups excluding carboxylic acids is 2. The molecule has 234 valence electrons. The summed E-state index contributed by atoms with van der Waals surface area (Å²) in [4.78, 5) is 51.7. The Labute approximate surface area is 274 Å². The Morgan fingerprint density at radius 2 is 1.85 bits per heavy atom. The summed E-state index contributed by atoms with van der Waals surface area (Å²) in [5, 5.41) is 10.5. The number of halogens is 1. The number of nitrogens with one attached hydrogen (secondary N) is 2. The van der Waals surface area contributed by atoms with Crippen LogP contribution in [0.1, 0.15) is 50.2 Å². The molecule has 1 aliphatic rings. The number of anilines is 1. The largest absolute Gasteiger partial charge is 0.354 e. The normalized spacial score (nSPS) is 14.1. The Bertz CT molecular complexity index is 2020. The quantitative estimate of drug-likeness (QED) is 0.256. The Kier molecular flexibility index (Phi) is 8.55. The third-order valence-corrected chi connectivity index (χ3v) is 9.12. The number of rotatable bonds is 7. The molecular weight excluding hydrogens is 648 g/mol. The van der Waals surface area contributed by atoms with Crippen LogP contribution in [0.25, 0.3) is 17.1 Å². The molecule has 1 unspecified atom stereocenters. The van der Waals surface area contributed by atoms with Crippen molar-refractivity contribution in [3.05, 3.63) is 121 Å². The lowest BCUT2D eigenvalue weighted by molar-refractivity contribution is 0.0653. The SMILES string of the molecule is CNC(=O)c1cc(-n2c(NCc3ccccc3-c3ccccn3)nc3c(c2=O)CC(C)N(C(=O)c2ccc(Br)c(C)c2)C3)nn1C. The van der Waals surface area contributed by atoms with E-state index in [9.17, 15) is 14.4 Å². The summed E-state index contributed by atoms with van der Waals surface area (Å²) in [5.41, 5.74) is 5.26. The molecule has 2 amide bonds. The molecule has 3 aromatic heterocycles. The maximum absolute atomic E-state index is 14.3. The van der Waals surface area contributed by atoms with Crippen LogP contribution in [-0.4, -0.2) is 54.1 Å². The standard InChI is InChI=1S/C34H33BrN8O3/c1-20-15-22(12-13-26(20)35)32(45)42-19-28-25(16-21(42)2)33(46)43(30-17-29(31(44)36-3)41(4)40-30)34(39-28)38-18-23-9-5-6-10-24(23)27-11-7-8-14-37-27/h5-15,17,21H,16,18-19H2,1-4H3,(H,36,44)(H,38,39). The first-order valence-corrected chi connectivity index (χ1v) is 15.7. The van der Waals surface area contributed by atoms with E-state index in [2.05, 4.69) is 36.6 Å². The first-order valence-electron chi connectivity index (χ1n) is 14.9. The maximum atomic E-state index is 14.3. The number of benzene rings is 2. The lowest BCUT2D eigenvalue weighted by Gasteiger charge is -2.34. The lowest BCUT2D eigenvalue weighted by Crippen LogP contribution is -2.46. The van der Waals surface area contributed by atoms with Crippen LogP contribution < -0.4 is 16.2 Å². The van der Waals surface area contributed by atoms with Crippen LogP contribution in [0.3, 0.4) is 0 Å². The van der Waals surface area contributed by atoms with Crippen LogP contribution in [-0.2, 0) is 26.6 Å². The second-order valence-corrected chi connectivity index (χ2v) is 12.1. The molecule has 4 heterocycles. The van der Waals surface area contributed by atoms with Gasteiger partial charge < -0.3 is 15.5 Å². The topological polar surface area (TPSA) is 127 Å². The van der Waals surface area contributed by atoms with Crippen molar-refractivity contribution >= 4 is 33.7 Å². The van der Waals surface area contributed by atoms with Gasteiger partial charge in [0.2, 0.25) is 5.95 Å². The fraction of sp³-hybridized carbons (Fsp3) is 0.235. The van der Waals surface area contributed by atoms with Gasteiger partial charge in [0.15, 0.2) is 5.82 Å². The van der Waals surface area contributed by atoms with Gasteiger partial charge in [0.25, 0.3) is 17.4 Å². The van der Waals surface area contributed by atoms with E-state index in [1.165, 1.54) is 16.3 Å². The number of carbonyl (C=O) groups is 2. The van der Waals surface area contributed by atoms with Crippen molar-refractivity contribution in [3.63, 3.8) is 0 Å². The molecule has 0 spiro atoms. The second kappa shape index (κ2) is 12.7. The third kappa shape index (κ3) is 5.83. The molecule has 0 saturated carbocycles. The van der Waals surface area contributed by atoms with Gasteiger partial charge in [-0.15, -0.1) is 0 Å². The Morgan fingerprint density at radius 3 is 2.59 bits per heavy atom. The molecule has 0 bridgehead atoms. The summed E-state index contributed by atoms with van der Waals surface area (Å²) in [6.07, 6.45) is 2.07. The molecule has 6 rings (SSSR count). The van der Waals surface area contributed by atoms with Crippen molar-refractivity contribution in [2.75, 3.05) is 12.4 Å². The van der Waals surface area contributed by atoms with Gasteiger partial charge in [-0.25, -0.2) is 9.55 Å². The second-order valence-electron chi connectivity index (χ2n) is 11.3. The van der Waals surface area contributed by atoms with Gasteiger partial charge >= 0.3 is 0 Å². The highest BCUT2D eigenvalue weighted by Crippen LogP contribution is 2.27. The molecule has 0 fully saturated rings. The molecule has 2 N–H and O–H groups in total. The minimum absolute atomic E-state index is 0.126. The van der Waals surface area contributed by atoms with Crippen molar-refractivity contribution in [3.8, 4) is 17.1 Å². The minimum Gasteiger partial charge on any atom is -0.354 e. The summed E-state index contributed by atoms with van der Waals surface area (Å²) >= 11 is 3.51. The van der Waals surface area contributed by atoms with E-state index < -0.39 is 0 Å². The smallest absolute Gasteiger partial charge is 0.269 e. The number of nitrogens with zero attached hydrogens (tertiary/aromatic N) is 6. The molecular formula is C34H33BrN8O3. The zero-order valence-corrected chi connectivity index (χ0v) is 27.5.